The largest absolute Gasteiger partial charge is 0 e. The van der Waals surface area contributed by atoms with Crippen LogP contribution in [0.2, 0.25) is 0 Å². The van der Waals surface area contributed by atoms with Crippen molar-refractivity contribution in [3.05, 3.63) is 33.3 Å². The van der Waals surface area contributed by atoms with Gasteiger partial charge in [0.1, 0.15) is 0 Å². The zero-order chi connectivity index (χ0) is 12.7. The smallest absolute Gasteiger partial charge is 0 e. The summed E-state index contributed by atoms with van der Waals surface area (Å²) in [5, 5.41) is 7.32. The molecule has 0 unspecified atom stereocenters. The molecule has 0 heterocycles. The van der Waals surface area contributed by atoms with E-state index in [0.717, 1.165) is 0 Å². The zero-order valence-corrected chi connectivity index (χ0v) is 8.05. The van der Waals surface area contributed by atoms with Crippen LogP contribution in [-0.4, -0.2) is 0 Å². The van der Waals surface area contributed by atoms with Crippen LogP contribution in [0.15, 0.2) is 0 Å². The summed E-state index contributed by atoms with van der Waals surface area (Å²) in [5.41, 5.74) is 0. The average Bonchev–Trinajstić information content (AvgIpc) is 2.32. The Kier molecular flexibility index (Phi) is 60800. The van der Waals surface area contributed by atoms with Gasteiger partial charge in [-0.3, -0.25) is 0 Å². The Bertz CT molecular complexity index is 138. The quantitative estimate of drug-likeness (QED) is 0.335. The summed E-state index contributed by atoms with van der Waals surface area (Å²) in [6.45, 7) is 23.9. The third-order valence-electron chi connectivity index (χ3n) is 0. The van der Waals surface area contributed by atoms with Crippen molar-refractivity contribution in [2.75, 3.05) is 0 Å². The predicted octanol–water partition coefficient (Wildman–Crippen LogP) is 0.340. The monoisotopic (exact) mass is 236 g/mol. The van der Waals surface area contributed by atoms with Crippen molar-refractivity contribution in [3.8, 4) is 6.07 Å². The number of nitriles is 1. The molecule has 0 saturated heterocycles. The normalized spacial score (nSPS) is 1.29. The molecule has 0 aromatic heterocycles. The molecule has 0 aromatic carbocycles. The SMILES string of the molecule is CC#N.[C-]#[O+].[C-]#[O+].[C-]#[O+].[C-]#[O+].[C-]#[O+].[Mn]. The Morgan fingerprint density at radius 1 is 0.714 bits per heavy atom. The fourth-order valence-corrected chi connectivity index (χ4v) is 0. The molecule has 73 valence electrons. The molecule has 0 aromatic rings. The van der Waals surface area contributed by atoms with E-state index in [0.29, 0.717) is 0 Å². The van der Waals surface area contributed by atoms with Crippen LogP contribution in [0.4, 0.5) is 0 Å². The van der Waals surface area contributed by atoms with E-state index in [1.807, 2.05) is 0 Å². The van der Waals surface area contributed by atoms with Gasteiger partial charge in [0.2, 0.25) is 0 Å². The van der Waals surface area contributed by atoms with Gasteiger partial charge in [0.15, 0.2) is 0 Å². The fourth-order valence-electron chi connectivity index (χ4n) is 0. The fraction of sp³-hybridized carbons (Fsp3) is 0.143. The van der Waals surface area contributed by atoms with E-state index >= 15 is 0 Å². The van der Waals surface area contributed by atoms with Crippen LogP contribution in [-0.2, 0) is 40.3 Å². The molecule has 0 bridgehead atoms. The van der Waals surface area contributed by atoms with Crippen molar-refractivity contribution in [1.29, 1.82) is 5.26 Å². The molecule has 0 aliphatic carbocycles. The standard InChI is InChI=1S/C2H3N.5CO.Mn/c1-2-3;5*1-2;/h1H3;;;;;;. The van der Waals surface area contributed by atoms with Crippen LogP contribution in [0.25, 0.3) is 0 Å². The topological polar surface area (TPSA) is 123 Å². The number of rotatable bonds is 0. The van der Waals surface area contributed by atoms with Crippen molar-refractivity contribution in [1.82, 2.24) is 0 Å². The molecule has 0 N–H and O–H groups in total. The first-order valence-electron chi connectivity index (χ1n) is 1.74. The minimum Gasteiger partial charge on any atom is 0 e. The van der Waals surface area contributed by atoms with Crippen molar-refractivity contribution in [2.24, 2.45) is 0 Å². The number of nitrogens with zero attached hydrogens (tertiary/aromatic N) is 1. The first-order valence-corrected chi connectivity index (χ1v) is 1.74. The minimum atomic E-state index is 0. The third kappa shape index (κ3) is 606. The van der Waals surface area contributed by atoms with Crippen LogP contribution in [0, 0.1) is 44.6 Å². The van der Waals surface area contributed by atoms with E-state index in [9.17, 15) is 0 Å². The second kappa shape index (κ2) is 15900. The molecule has 0 aliphatic rings. The Morgan fingerprint density at radius 3 is 0.714 bits per heavy atom. The maximum Gasteiger partial charge on any atom is 0 e. The maximum atomic E-state index is 7.50. The molecule has 0 spiro atoms. The van der Waals surface area contributed by atoms with Crippen molar-refractivity contribution in [3.63, 3.8) is 0 Å². The van der Waals surface area contributed by atoms with E-state index in [-0.39, 0.29) is 17.1 Å². The average molecular weight is 236 g/mol. The summed E-state index contributed by atoms with van der Waals surface area (Å²) in [7, 11) is 0. The van der Waals surface area contributed by atoms with Crippen molar-refractivity contribution >= 4 is 0 Å². The summed E-state index contributed by atoms with van der Waals surface area (Å²) in [4.78, 5) is 0. The summed E-state index contributed by atoms with van der Waals surface area (Å²) in [6.07, 6.45) is 0. The molecule has 0 aliphatic heterocycles. The third-order valence-corrected chi connectivity index (χ3v) is 0. The van der Waals surface area contributed by atoms with Crippen LogP contribution < -0.4 is 0 Å². The van der Waals surface area contributed by atoms with Gasteiger partial charge < -0.3 is 0 Å². The molecule has 0 amide bonds. The minimum absolute atomic E-state index is 0. The number of hydrogen-bond acceptors (Lipinski definition) is 1. The maximum absolute atomic E-state index is 7.50. The van der Waals surface area contributed by atoms with Crippen LogP contribution in [0.1, 0.15) is 6.92 Å². The predicted molar refractivity (Wildman–Crippen MR) is 30.9 cm³/mol. The molecular formula is C7H3MnNO5. The Labute approximate surface area is 92.3 Å². The van der Waals surface area contributed by atoms with E-state index < -0.39 is 0 Å². The van der Waals surface area contributed by atoms with Gasteiger partial charge in [-0.1, -0.05) is 0 Å². The van der Waals surface area contributed by atoms with Gasteiger partial charge in [0.25, 0.3) is 0 Å². The van der Waals surface area contributed by atoms with Gasteiger partial charge in [-0.2, -0.15) is 5.26 Å². The molecular weight excluding hydrogens is 233 g/mol. The molecule has 0 fully saturated rings. The van der Waals surface area contributed by atoms with E-state index in [4.69, 9.17) is 28.5 Å². The molecule has 14 heavy (non-hydrogen) atoms. The van der Waals surface area contributed by atoms with Crippen LogP contribution in [0.5, 0.6) is 0 Å². The van der Waals surface area contributed by atoms with Gasteiger partial charge in [0.05, 0.1) is 6.07 Å². The summed E-state index contributed by atoms with van der Waals surface area (Å²) >= 11 is 0. The second-order valence-corrected chi connectivity index (χ2v) is 0.224. The first kappa shape index (κ1) is 53.5. The van der Waals surface area contributed by atoms with Gasteiger partial charge in [-0.05, 0) is 0 Å². The number of hydrogen-bond donors (Lipinski definition) is 0. The van der Waals surface area contributed by atoms with E-state index in [1.54, 1.807) is 6.07 Å². The zero-order valence-electron chi connectivity index (χ0n) is 6.87. The van der Waals surface area contributed by atoms with Gasteiger partial charge >= 0.3 is 56.5 Å². The Balaban J connectivity index is -0.00000000838. The molecule has 0 atom stereocenters. The van der Waals surface area contributed by atoms with E-state index in [2.05, 4.69) is 33.3 Å². The van der Waals surface area contributed by atoms with Gasteiger partial charge in [-0.25, -0.2) is 0 Å². The van der Waals surface area contributed by atoms with Gasteiger partial charge in [-0.15, -0.1) is 0 Å². The molecule has 6 nitrogen and oxygen atoms in total. The Morgan fingerprint density at radius 2 is 0.714 bits per heavy atom. The van der Waals surface area contributed by atoms with E-state index in [1.165, 1.54) is 6.92 Å². The molecule has 1 radical (unpaired) electrons. The summed E-state index contributed by atoms with van der Waals surface area (Å²) < 4.78 is 37.5. The van der Waals surface area contributed by atoms with Gasteiger partial charge in [0, 0.05) is 24.0 Å². The second-order valence-electron chi connectivity index (χ2n) is 0.224. The summed E-state index contributed by atoms with van der Waals surface area (Å²) in [5.74, 6) is 0. The van der Waals surface area contributed by atoms with Crippen LogP contribution >= 0.6 is 0 Å². The van der Waals surface area contributed by atoms with Crippen LogP contribution in [0.3, 0.4) is 0 Å². The molecule has 0 saturated carbocycles. The summed E-state index contributed by atoms with van der Waals surface area (Å²) in [6, 6.07) is 1.75. The van der Waals surface area contributed by atoms with Crippen molar-refractivity contribution in [2.45, 2.75) is 6.92 Å². The van der Waals surface area contributed by atoms with Crippen molar-refractivity contribution < 1.29 is 40.3 Å². The first-order chi connectivity index (χ1) is 6.41. The molecule has 7 heteroatoms. The Hall–Kier alpha value is -1.29. The molecule has 0 rings (SSSR count).